The molecule has 2 rings (SSSR count). The van der Waals surface area contributed by atoms with E-state index in [0.29, 0.717) is 0 Å². The van der Waals surface area contributed by atoms with Gasteiger partial charge in [0.05, 0.1) is 11.8 Å². The summed E-state index contributed by atoms with van der Waals surface area (Å²) in [6.07, 6.45) is 7.42. The molecule has 3 heteroatoms. The van der Waals surface area contributed by atoms with Crippen molar-refractivity contribution in [1.29, 1.82) is 0 Å². The zero-order valence-electron chi connectivity index (χ0n) is 11.1. The predicted octanol–water partition coefficient (Wildman–Crippen LogP) is 3.29. The summed E-state index contributed by atoms with van der Waals surface area (Å²) in [4.78, 5) is 11.7. The Labute approximate surface area is 108 Å². The molecule has 1 aliphatic carbocycles. The minimum atomic E-state index is -0.324. The number of rotatable bonds is 0. The van der Waals surface area contributed by atoms with E-state index < -0.39 is 0 Å². The van der Waals surface area contributed by atoms with Gasteiger partial charge >= 0.3 is 5.97 Å². The van der Waals surface area contributed by atoms with Gasteiger partial charge in [-0.15, -0.1) is 0 Å². The van der Waals surface area contributed by atoms with Crippen molar-refractivity contribution in [2.24, 2.45) is 11.8 Å². The molecule has 3 nitrogen and oxygen atoms in total. The number of carbonyl (C=O) groups excluding carboxylic acids is 1. The smallest absolute Gasteiger partial charge is 0.310 e. The van der Waals surface area contributed by atoms with E-state index in [0.717, 1.165) is 18.4 Å². The highest BCUT2D eigenvalue weighted by atomic mass is 16.6. The maximum atomic E-state index is 11.7. The normalized spacial score (nSPS) is 32.9. The van der Waals surface area contributed by atoms with Gasteiger partial charge in [0.25, 0.3) is 0 Å². The van der Waals surface area contributed by atoms with E-state index in [9.17, 15) is 9.90 Å². The van der Waals surface area contributed by atoms with Crippen molar-refractivity contribution in [3.63, 3.8) is 0 Å². The fourth-order valence-corrected chi connectivity index (χ4v) is 2.59. The second kappa shape index (κ2) is 5.01. The highest BCUT2D eigenvalue weighted by Gasteiger charge is 2.43. The molecule has 0 aromatic rings. The molecule has 98 valence electrons. The van der Waals surface area contributed by atoms with Gasteiger partial charge in [-0.1, -0.05) is 24.1 Å². The molecule has 0 amide bonds. The summed E-state index contributed by atoms with van der Waals surface area (Å²) < 4.78 is 5.35. The van der Waals surface area contributed by atoms with Gasteiger partial charge in [0.2, 0.25) is 0 Å². The van der Waals surface area contributed by atoms with Crippen LogP contribution < -0.4 is 0 Å². The summed E-state index contributed by atoms with van der Waals surface area (Å²) in [6, 6.07) is 0. The first-order chi connectivity index (χ1) is 8.49. The van der Waals surface area contributed by atoms with Crippen LogP contribution in [0.3, 0.4) is 0 Å². The Kier molecular flexibility index (Phi) is 3.60. The molecule has 1 saturated heterocycles. The molecule has 1 heterocycles. The number of allylic oxidation sites excluding steroid dienone is 4. The first-order valence-corrected chi connectivity index (χ1v) is 6.44. The number of ether oxygens (including phenoxy) is 1. The number of carbonyl (C=O) groups is 1. The van der Waals surface area contributed by atoms with Gasteiger partial charge in [0.1, 0.15) is 11.9 Å². The Morgan fingerprint density at radius 3 is 2.83 bits per heavy atom. The van der Waals surface area contributed by atoms with Crippen LogP contribution in [0.5, 0.6) is 0 Å². The lowest BCUT2D eigenvalue weighted by molar-refractivity contribution is -0.142. The first kappa shape index (κ1) is 12.9. The maximum Gasteiger partial charge on any atom is 0.310 e. The van der Waals surface area contributed by atoms with Crippen molar-refractivity contribution < 1.29 is 14.6 Å². The minimum absolute atomic E-state index is 0.227. The van der Waals surface area contributed by atoms with Crippen LogP contribution in [0.25, 0.3) is 0 Å². The van der Waals surface area contributed by atoms with E-state index in [2.05, 4.69) is 6.08 Å². The highest BCUT2D eigenvalue weighted by molar-refractivity contribution is 5.76. The van der Waals surface area contributed by atoms with E-state index in [1.165, 1.54) is 5.57 Å². The summed E-state index contributed by atoms with van der Waals surface area (Å²) in [5.74, 6) is -0.524. The third kappa shape index (κ3) is 2.50. The van der Waals surface area contributed by atoms with Crippen LogP contribution in [0.4, 0.5) is 0 Å². The lowest BCUT2D eigenvalue weighted by Crippen LogP contribution is -2.20. The zero-order chi connectivity index (χ0) is 13.3. The van der Waals surface area contributed by atoms with Crippen LogP contribution in [0.1, 0.15) is 33.6 Å². The standard InChI is InChI=1S/C15H20O3/c1-9-5-4-6-10(2)8-13-14(12(16)7-9)11(3)15(17)18-13/h5,7-8,11,13-14,16H,4,6H2,1-3H3. The summed E-state index contributed by atoms with van der Waals surface area (Å²) in [5.41, 5.74) is 2.23. The van der Waals surface area contributed by atoms with E-state index in [4.69, 9.17) is 4.74 Å². The molecule has 1 aliphatic heterocycles. The summed E-state index contributed by atoms with van der Waals surface area (Å²) in [7, 11) is 0. The molecule has 1 fully saturated rings. The summed E-state index contributed by atoms with van der Waals surface area (Å²) >= 11 is 0. The van der Waals surface area contributed by atoms with Crippen LogP contribution in [-0.2, 0) is 9.53 Å². The highest BCUT2D eigenvalue weighted by Crippen LogP contribution is 2.35. The maximum absolute atomic E-state index is 11.7. The Morgan fingerprint density at radius 1 is 1.39 bits per heavy atom. The Bertz CT molecular complexity index is 443. The molecule has 3 atom stereocenters. The molecular weight excluding hydrogens is 228 g/mol. The van der Waals surface area contributed by atoms with E-state index in [-0.39, 0.29) is 29.7 Å². The number of hydrogen-bond acceptors (Lipinski definition) is 3. The molecule has 0 bridgehead atoms. The van der Waals surface area contributed by atoms with Crippen molar-refractivity contribution in [3.05, 3.63) is 35.1 Å². The fraction of sp³-hybridized carbons (Fsp3) is 0.533. The van der Waals surface area contributed by atoms with Gasteiger partial charge in [0.15, 0.2) is 0 Å². The summed E-state index contributed by atoms with van der Waals surface area (Å²) in [6.45, 7) is 5.82. The number of aliphatic hydroxyl groups excluding tert-OH is 1. The average molecular weight is 248 g/mol. The molecule has 0 aromatic heterocycles. The van der Waals surface area contributed by atoms with Crippen LogP contribution in [-0.4, -0.2) is 17.2 Å². The SMILES string of the molecule is CC1=CCCC(C)=CC2OC(=O)C(C)C2C(O)=C1. The van der Waals surface area contributed by atoms with Gasteiger partial charge in [-0.3, -0.25) is 4.79 Å². The summed E-state index contributed by atoms with van der Waals surface area (Å²) in [5, 5.41) is 10.2. The molecule has 18 heavy (non-hydrogen) atoms. The number of hydrogen-bond donors (Lipinski definition) is 1. The van der Waals surface area contributed by atoms with Crippen molar-refractivity contribution in [1.82, 2.24) is 0 Å². The third-order valence-corrected chi connectivity index (χ3v) is 3.69. The van der Waals surface area contributed by atoms with E-state index in [1.54, 1.807) is 6.08 Å². The third-order valence-electron chi connectivity index (χ3n) is 3.69. The second-order valence-corrected chi connectivity index (χ2v) is 5.28. The molecule has 0 aromatic carbocycles. The van der Waals surface area contributed by atoms with E-state index >= 15 is 0 Å². The molecule has 2 aliphatic rings. The topological polar surface area (TPSA) is 46.5 Å². The largest absolute Gasteiger partial charge is 0.512 e. The number of fused-ring (bicyclic) bond motifs is 1. The van der Waals surface area contributed by atoms with Crippen LogP contribution in [0, 0.1) is 11.8 Å². The minimum Gasteiger partial charge on any atom is -0.512 e. The molecule has 0 spiro atoms. The quantitative estimate of drug-likeness (QED) is 0.528. The van der Waals surface area contributed by atoms with Crippen molar-refractivity contribution in [3.8, 4) is 0 Å². The predicted molar refractivity (Wildman–Crippen MR) is 70.0 cm³/mol. The van der Waals surface area contributed by atoms with Crippen LogP contribution >= 0.6 is 0 Å². The second-order valence-electron chi connectivity index (χ2n) is 5.28. The van der Waals surface area contributed by atoms with Crippen molar-refractivity contribution in [2.45, 2.75) is 39.7 Å². The van der Waals surface area contributed by atoms with Crippen molar-refractivity contribution in [2.75, 3.05) is 0 Å². The monoisotopic (exact) mass is 248 g/mol. The Balaban J connectivity index is 2.41. The van der Waals surface area contributed by atoms with Crippen molar-refractivity contribution >= 4 is 5.97 Å². The van der Waals surface area contributed by atoms with E-state index in [1.807, 2.05) is 26.8 Å². The Morgan fingerprint density at radius 2 is 2.11 bits per heavy atom. The number of esters is 1. The first-order valence-electron chi connectivity index (χ1n) is 6.44. The average Bonchev–Trinajstić information content (AvgIpc) is 2.53. The molecule has 0 radical (unpaired) electrons. The molecule has 0 saturated carbocycles. The zero-order valence-corrected chi connectivity index (χ0v) is 11.1. The lowest BCUT2D eigenvalue weighted by atomic mass is 9.87. The van der Waals surface area contributed by atoms with Gasteiger partial charge in [-0.25, -0.2) is 0 Å². The fourth-order valence-electron chi connectivity index (χ4n) is 2.59. The van der Waals surface area contributed by atoms with Crippen LogP contribution in [0.2, 0.25) is 0 Å². The van der Waals surface area contributed by atoms with Gasteiger partial charge in [-0.2, -0.15) is 0 Å². The Hall–Kier alpha value is -1.51. The van der Waals surface area contributed by atoms with Crippen LogP contribution in [0.15, 0.2) is 35.1 Å². The van der Waals surface area contributed by atoms with Gasteiger partial charge < -0.3 is 9.84 Å². The molecule has 3 unspecified atom stereocenters. The number of aliphatic hydroxyl groups is 1. The molecule has 1 N–H and O–H groups in total. The molecular formula is C15H20O3. The van der Waals surface area contributed by atoms with Gasteiger partial charge in [0, 0.05) is 0 Å². The van der Waals surface area contributed by atoms with Gasteiger partial charge in [-0.05, 0) is 38.8 Å². The lowest BCUT2D eigenvalue weighted by Gasteiger charge is -2.18.